The molecule has 0 radical (unpaired) electrons. The summed E-state index contributed by atoms with van der Waals surface area (Å²) in [4.78, 5) is 32.6. The summed E-state index contributed by atoms with van der Waals surface area (Å²) in [5.74, 6) is 0.675. The van der Waals surface area contributed by atoms with Gasteiger partial charge in [-0.3, -0.25) is 9.78 Å². The fourth-order valence-corrected chi connectivity index (χ4v) is 6.82. The van der Waals surface area contributed by atoms with Gasteiger partial charge in [-0.05, 0) is 55.5 Å². The Morgan fingerprint density at radius 2 is 1.92 bits per heavy atom. The van der Waals surface area contributed by atoms with Crippen molar-refractivity contribution in [1.29, 1.82) is 0 Å². The molecule has 0 saturated carbocycles. The summed E-state index contributed by atoms with van der Waals surface area (Å²) in [6.45, 7) is 2.93. The van der Waals surface area contributed by atoms with Crippen LogP contribution in [0.3, 0.4) is 0 Å². The number of aromatic nitrogens is 8. The Hall–Kier alpha value is -5.73. The van der Waals surface area contributed by atoms with Crippen LogP contribution >= 0.6 is 11.6 Å². The minimum Gasteiger partial charge on any atom is -0.420 e. The van der Waals surface area contributed by atoms with Crippen molar-refractivity contribution >= 4 is 45.3 Å². The number of rotatable bonds is 6. The van der Waals surface area contributed by atoms with Crippen molar-refractivity contribution in [3.05, 3.63) is 96.0 Å². The molecule has 0 fully saturated rings. The summed E-state index contributed by atoms with van der Waals surface area (Å²) in [5, 5.41) is 8.68. The molecule has 1 atom stereocenters. The number of imidazole rings is 1. The maximum Gasteiger partial charge on any atom is 0.487 e. The maximum atomic E-state index is 13.7. The topological polar surface area (TPSA) is 127 Å². The van der Waals surface area contributed by atoms with Crippen molar-refractivity contribution < 1.29 is 23.0 Å². The lowest BCUT2D eigenvalue weighted by molar-refractivity contribution is -0.0964. The first-order valence-electron chi connectivity index (χ1n) is 15.7. The molecule has 1 N–H and O–H groups in total. The average molecular weight is 694 g/mol. The predicted octanol–water partition coefficient (Wildman–Crippen LogP) is 6.65. The molecule has 9 rings (SSSR count). The number of benzene rings is 2. The smallest absolute Gasteiger partial charge is 0.420 e. The van der Waals surface area contributed by atoms with E-state index in [0.29, 0.717) is 42.4 Å². The Kier molecular flexibility index (Phi) is 6.77. The van der Waals surface area contributed by atoms with E-state index in [1.807, 2.05) is 42.3 Å². The third kappa shape index (κ3) is 5.15. The molecule has 250 valence electrons. The van der Waals surface area contributed by atoms with Crippen molar-refractivity contribution in [2.45, 2.75) is 31.6 Å². The number of nitrogens with one attached hydrogen (secondary N) is 1. The van der Waals surface area contributed by atoms with Crippen LogP contribution in [-0.2, 0) is 24.8 Å². The lowest BCUT2D eigenvalue weighted by Crippen LogP contribution is -2.21. The number of anilines is 1. The standard InChI is InChI=1S/C35H26ClF2N9O3/c1-18-16-49-17-29-42-28-11-20(33(48)41-23-3-5-24(6-4-23)50-35(36,37)38)9-25(31(28)47(18)29)21-10-26-27(39-14-21)12-22-15-46(44-30(22)26)34-40-13-19-7-8-45(2)32(19)43-34/h3-11,13-15,18H,12,16-17H2,1-2H3,(H,41,48)/t18-/m1/s1. The van der Waals surface area contributed by atoms with E-state index < -0.39 is 11.5 Å². The molecule has 5 aromatic heterocycles. The number of carbonyl (C=O) groups is 1. The number of alkyl halides is 3. The van der Waals surface area contributed by atoms with Crippen LogP contribution in [0, 0.1) is 0 Å². The Labute approximate surface area is 287 Å². The van der Waals surface area contributed by atoms with Gasteiger partial charge in [0.25, 0.3) is 11.9 Å². The SMILES string of the molecule is C[C@@H]1COCc2nc3cc(C(=O)Nc4ccc(OC(F)(F)Cl)cc4)cc(-c4cnc5c(c4)-c4nn(-c6ncc7ccn(C)c7n6)cc4C5)c3n21. The van der Waals surface area contributed by atoms with Crippen LogP contribution in [0.4, 0.5) is 14.5 Å². The van der Waals surface area contributed by atoms with Crippen LogP contribution in [0.15, 0.2) is 73.3 Å². The predicted molar refractivity (Wildman–Crippen MR) is 181 cm³/mol. The highest BCUT2D eigenvalue weighted by Gasteiger charge is 2.29. The fourth-order valence-electron chi connectivity index (χ4n) is 6.73. The van der Waals surface area contributed by atoms with E-state index in [0.717, 1.165) is 56.0 Å². The number of aryl methyl sites for hydroxylation is 1. The molecular weight excluding hydrogens is 668 g/mol. The van der Waals surface area contributed by atoms with Gasteiger partial charge in [0.05, 0.1) is 35.1 Å². The van der Waals surface area contributed by atoms with Crippen LogP contribution < -0.4 is 10.1 Å². The molecule has 12 nitrogen and oxygen atoms in total. The van der Waals surface area contributed by atoms with Gasteiger partial charge in [-0.2, -0.15) is 10.1 Å². The van der Waals surface area contributed by atoms with E-state index in [1.165, 1.54) is 24.3 Å². The second-order valence-electron chi connectivity index (χ2n) is 12.4. The number of hydrogen-bond acceptors (Lipinski definition) is 8. The van der Waals surface area contributed by atoms with Crippen molar-refractivity contribution in [3.63, 3.8) is 0 Å². The van der Waals surface area contributed by atoms with E-state index in [2.05, 4.69) is 32.6 Å². The number of fused-ring (bicyclic) bond motifs is 7. The highest BCUT2D eigenvalue weighted by atomic mass is 35.5. The normalized spacial score (nSPS) is 15.3. The molecule has 15 heteroatoms. The minimum atomic E-state index is -3.84. The second kappa shape index (κ2) is 11.1. The van der Waals surface area contributed by atoms with Crippen LogP contribution in [0.1, 0.15) is 40.4 Å². The number of amides is 1. The number of pyridine rings is 1. The van der Waals surface area contributed by atoms with E-state index in [-0.39, 0.29) is 11.8 Å². The van der Waals surface area contributed by atoms with Crippen molar-refractivity contribution in [1.82, 2.24) is 38.9 Å². The fraction of sp³-hybridized carbons (Fsp3) is 0.200. The highest BCUT2D eigenvalue weighted by Crippen LogP contribution is 2.40. The van der Waals surface area contributed by atoms with Crippen LogP contribution in [0.5, 0.6) is 5.75 Å². The molecule has 0 spiro atoms. The largest absolute Gasteiger partial charge is 0.487 e. The molecular formula is C35H26ClF2N9O3. The zero-order valence-corrected chi connectivity index (χ0v) is 27.3. The van der Waals surface area contributed by atoms with Crippen molar-refractivity contribution in [3.8, 4) is 34.1 Å². The summed E-state index contributed by atoms with van der Waals surface area (Å²) >= 11 is 4.88. The number of ether oxygens (including phenoxy) is 2. The number of halogens is 3. The lowest BCUT2D eigenvalue weighted by atomic mass is 9.99. The van der Waals surface area contributed by atoms with Gasteiger partial charge < -0.3 is 23.9 Å². The highest BCUT2D eigenvalue weighted by molar-refractivity contribution is 6.20. The second-order valence-corrected chi connectivity index (χ2v) is 12.8. The molecule has 7 aromatic rings. The zero-order chi connectivity index (χ0) is 34.3. The third-order valence-corrected chi connectivity index (χ3v) is 9.06. The van der Waals surface area contributed by atoms with Crippen LogP contribution in [-0.4, -0.2) is 56.9 Å². The monoisotopic (exact) mass is 693 g/mol. The summed E-state index contributed by atoms with van der Waals surface area (Å²) < 4.78 is 42.1. The van der Waals surface area contributed by atoms with Gasteiger partial charge in [-0.15, -0.1) is 8.78 Å². The van der Waals surface area contributed by atoms with Gasteiger partial charge in [0.15, 0.2) is 0 Å². The quantitative estimate of drug-likeness (QED) is 0.192. The van der Waals surface area contributed by atoms with E-state index in [9.17, 15) is 13.6 Å². The van der Waals surface area contributed by atoms with Gasteiger partial charge in [0.1, 0.15) is 23.8 Å². The Morgan fingerprint density at radius 1 is 1.08 bits per heavy atom. The number of hydrogen-bond donors (Lipinski definition) is 1. The number of carbonyl (C=O) groups excluding carboxylic acids is 1. The summed E-state index contributed by atoms with van der Waals surface area (Å²) in [5.41, 5.74) is 4.36. The first-order chi connectivity index (χ1) is 24.1. The van der Waals surface area contributed by atoms with Gasteiger partial charge >= 0.3 is 5.57 Å². The molecule has 0 bridgehead atoms. The number of nitrogens with zero attached hydrogens (tertiary/aromatic N) is 8. The molecule has 0 unspecified atom stereocenters. The molecule has 1 aliphatic carbocycles. The van der Waals surface area contributed by atoms with Gasteiger partial charge in [0.2, 0.25) is 0 Å². The van der Waals surface area contributed by atoms with Gasteiger partial charge in [-0.25, -0.2) is 14.6 Å². The van der Waals surface area contributed by atoms with Gasteiger partial charge in [-0.1, -0.05) is 0 Å². The van der Waals surface area contributed by atoms with E-state index in [4.69, 9.17) is 36.4 Å². The molecule has 6 heterocycles. The molecule has 1 aliphatic heterocycles. The average Bonchev–Trinajstić information content (AvgIpc) is 3.85. The Bertz CT molecular complexity index is 2500. The first-order valence-corrected chi connectivity index (χ1v) is 16.1. The van der Waals surface area contributed by atoms with Crippen LogP contribution in [0.25, 0.3) is 50.4 Å². The van der Waals surface area contributed by atoms with E-state index >= 15 is 0 Å². The summed E-state index contributed by atoms with van der Waals surface area (Å²) in [6, 6.07) is 13.1. The maximum absolute atomic E-state index is 13.7. The molecule has 50 heavy (non-hydrogen) atoms. The molecule has 2 aromatic carbocycles. The van der Waals surface area contributed by atoms with E-state index in [1.54, 1.807) is 16.9 Å². The minimum absolute atomic E-state index is 0.00882. The lowest BCUT2D eigenvalue weighted by Gasteiger charge is -2.23. The van der Waals surface area contributed by atoms with Gasteiger partial charge in [0, 0.05) is 88.7 Å². The molecule has 2 aliphatic rings. The van der Waals surface area contributed by atoms with Crippen molar-refractivity contribution in [2.24, 2.45) is 7.05 Å². The van der Waals surface area contributed by atoms with Crippen molar-refractivity contribution in [2.75, 3.05) is 11.9 Å². The Morgan fingerprint density at radius 3 is 2.74 bits per heavy atom. The third-order valence-electron chi connectivity index (χ3n) is 8.98. The summed E-state index contributed by atoms with van der Waals surface area (Å²) in [7, 11) is 1.94. The molecule has 1 amide bonds. The Balaban J connectivity index is 1.11. The molecule has 0 saturated heterocycles. The summed E-state index contributed by atoms with van der Waals surface area (Å²) in [6.07, 6.45) is 8.10. The first kappa shape index (κ1) is 30.3. The van der Waals surface area contributed by atoms with Crippen LogP contribution in [0.2, 0.25) is 0 Å². The zero-order valence-electron chi connectivity index (χ0n) is 26.6.